The van der Waals surface area contributed by atoms with Gasteiger partial charge in [-0.05, 0) is 18.6 Å². The van der Waals surface area contributed by atoms with Crippen LogP contribution in [-0.2, 0) is 9.53 Å². The van der Waals surface area contributed by atoms with E-state index in [4.69, 9.17) is 10.5 Å². The van der Waals surface area contributed by atoms with Gasteiger partial charge >= 0.3 is 0 Å². The highest BCUT2D eigenvalue weighted by Crippen LogP contribution is 2.13. The Balaban J connectivity index is 0.00000225. The van der Waals surface area contributed by atoms with E-state index in [9.17, 15) is 4.79 Å². The van der Waals surface area contributed by atoms with Crippen LogP contribution < -0.4 is 11.1 Å². The molecule has 0 saturated heterocycles. The molecule has 5 heteroatoms. The van der Waals surface area contributed by atoms with Crippen molar-refractivity contribution < 1.29 is 9.53 Å². The Hall–Kier alpha value is -1.10. The first-order valence-electron chi connectivity index (χ1n) is 4.78. The zero-order valence-corrected chi connectivity index (χ0v) is 10.2. The number of methoxy groups -OCH3 is 1. The first-order valence-corrected chi connectivity index (χ1v) is 4.78. The number of carbonyl (C=O) groups is 1. The summed E-state index contributed by atoms with van der Waals surface area (Å²) in [5.41, 5.74) is 7.19. The lowest BCUT2D eigenvalue weighted by molar-refractivity contribution is -0.125. The molecule has 1 amide bonds. The van der Waals surface area contributed by atoms with Crippen LogP contribution in [0.2, 0.25) is 0 Å². The van der Waals surface area contributed by atoms with Gasteiger partial charge in [0, 0.05) is 19.3 Å². The van der Waals surface area contributed by atoms with E-state index in [1.54, 1.807) is 0 Å². The molecule has 0 aliphatic heterocycles. The summed E-state index contributed by atoms with van der Waals surface area (Å²) in [6.07, 6.45) is -0.593. The number of hydrogen-bond donors (Lipinski definition) is 2. The Morgan fingerprint density at radius 1 is 1.50 bits per heavy atom. The van der Waals surface area contributed by atoms with Crippen molar-refractivity contribution in [3.05, 3.63) is 29.8 Å². The van der Waals surface area contributed by atoms with Gasteiger partial charge in [0.15, 0.2) is 0 Å². The van der Waals surface area contributed by atoms with Gasteiger partial charge in [-0.1, -0.05) is 18.2 Å². The van der Waals surface area contributed by atoms with Crippen molar-refractivity contribution in [1.29, 1.82) is 0 Å². The van der Waals surface area contributed by atoms with Crippen LogP contribution >= 0.6 is 12.4 Å². The first kappa shape index (κ1) is 14.9. The summed E-state index contributed by atoms with van der Waals surface area (Å²) in [6, 6.07) is 7.56. The molecule has 0 fully saturated rings. The number of halogens is 1. The molecule has 0 radical (unpaired) electrons. The fourth-order valence-corrected chi connectivity index (χ4v) is 1.24. The summed E-state index contributed by atoms with van der Waals surface area (Å²) in [4.78, 5) is 11.6. The molecule has 1 atom stereocenters. The van der Waals surface area contributed by atoms with Crippen LogP contribution in [0.3, 0.4) is 0 Å². The minimum absolute atomic E-state index is 0. The maximum Gasteiger partial charge on any atom is 0.254 e. The van der Waals surface area contributed by atoms with Crippen LogP contribution in [-0.4, -0.2) is 25.7 Å². The topological polar surface area (TPSA) is 64.3 Å². The molecule has 4 nitrogen and oxygen atoms in total. The molecule has 0 spiro atoms. The average Bonchev–Trinajstić information content (AvgIpc) is 2.23. The maximum absolute atomic E-state index is 11.6. The fourth-order valence-electron chi connectivity index (χ4n) is 1.24. The van der Waals surface area contributed by atoms with E-state index in [0.717, 1.165) is 11.3 Å². The van der Waals surface area contributed by atoms with Crippen molar-refractivity contribution in [2.24, 2.45) is 5.73 Å². The molecular formula is C11H17ClN2O2. The van der Waals surface area contributed by atoms with Crippen LogP contribution in [0.4, 0.5) is 5.69 Å². The molecule has 1 aromatic rings. The van der Waals surface area contributed by atoms with E-state index in [0.29, 0.717) is 0 Å². The number of rotatable bonds is 4. The van der Waals surface area contributed by atoms with Gasteiger partial charge in [0.25, 0.3) is 5.91 Å². The Bertz CT molecular complexity index is 341. The van der Waals surface area contributed by atoms with Crippen LogP contribution in [0.15, 0.2) is 24.3 Å². The van der Waals surface area contributed by atoms with E-state index < -0.39 is 6.10 Å². The van der Waals surface area contributed by atoms with Crippen LogP contribution in [0, 0.1) is 6.92 Å². The number of ether oxygens (including phenoxy) is 1. The van der Waals surface area contributed by atoms with Gasteiger partial charge in [0.2, 0.25) is 0 Å². The molecule has 0 aliphatic carbocycles. The van der Waals surface area contributed by atoms with Gasteiger partial charge in [-0.15, -0.1) is 12.4 Å². The number of hydrogen-bond acceptors (Lipinski definition) is 3. The average molecular weight is 245 g/mol. The summed E-state index contributed by atoms with van der Waals surface area (Å²) >= 11 is 0. The molecule has 3 N–H and O–H groups in total. The van der Waals surface area contributed by atoms with Crippen LogP contribution in [0.1, 0.15) is 5.56 Å². The molecule has 16 heavy (non-hydrogen) atoms. The predicted molar refractivity (Wildman–Crippen MR) is 66.9 cm³/mol. The van der Waals surface area contributed by atoms with Gasteiger partial charge in [0.1, 0.15) is 6.10 Å². The molecule has 0 heterocycles. The lowest BCUT2D eigenvalue weighted by atomic mass is 10.2. The van der Waals surface area contributed by atoms with E-state index in [-0.39, 0.29) is 24.9 Å². The molecule has 0 aliphatic rings. The van der Waals surface area contributed by atoms with E-state index >= 15 is 0 Å². The van der Waals surface area contributed by atoms with Crippen molar-refractivity contribution in [3.8, 4) is 0 Å². The largest absolute Gasteiger partial charge is 0.370 e. The SMILES string of the molecule is COC(CN)C(=O)Nc1ccccc1C.Cl. The Morgan fingerprint density at radius 3 is 2.62 bits per heavy atom. The Morgan fingerprint density at radius 2 is 2.12 bits per heavy atom. The van der Waals surface area contributed by atoms with Crippen LogP contribution in [0.5, 0.6) is 0 Å². The molecule has 1 rings (SSSR count). The number of carbonyl (C=O) groups excluding carboxylic acids is 1. The Labute approximate surface area is 102 Å². The summed E-state index contributed by atoms with van der Waals surface area (Å²) in [7, 11) is 1.47. The standard InChI is InChI=1S/C11H16N2O2.ClH/c1-8-5-3-4-6-9(8)13-11(14)10(7-12)15-2;/h3-6,10H,7,12H2,1-2H3,(H,13,14);1H. The molecule has 90 valence electrons. The van der Waals surface area contributed by atoms with Crippen LogP contribution in [0.25, 0.3) is 0 Å². The van der Waals surface area contributed by atoms with Gasteiger partial charge < -0.3 is 15.8 Å². The second-order valence-electron chi connectivity index (χ2n) is 3.26. The highest BCUT2D eigenvalue weighted by atomic mass is 35.5. The summed E-state index contributed by atoms with van der Waals surface area (Å²) < 4.78 is 4.94. The molecule has 0 bridgehead atoms. The third kappa shape index (κ3) is 3.81. The van der Waals surface area contributed by atoms with E-state index in [2.05, 4.69) is 5.32 Å². The zero-order valence-electron chi connectivity index (χ0n) is 9.40. The van der Waals surface area contributed by atoms with Crippen molar-refractivity contribution in [2.75, 3.05) is 19.0 Å². The van der Waals surface area contributed by atoms with Crippen molar-refractivity contribution in [2.45, 2.75) is 13.0 Å². The van der Waals surface area contributed by atoms with E-state index in [1.807, 2.05) is 31.2 Å². The number of para-hydroxylation sites is 1. The quantitative estimate of drug-likeness (QED) is 0.840. The number of aryl methyl sites for hydroxylation is 1. The molecular weight excluding hydrogens is 228 g/mol. The molecule has 1 unspecified atom stereocenters. The second-order valence-corrected chi connectivity index (χ2v) is 3.26. The predicted octanol–water partition coefficient (Wildman–Crippen LogP) is 1.33. The molecule has 0 aromatic heterocycles. The number of amides is 1. The molecule has 0 saturated carbocycles. The van der Waals surface area contributed by atoms with Crippen molar-refractivity contribution in [3.63, 3.8) is 0 Å². The number of anilines is 1. The number of nitrogens with two attached hydrogens (primary N) is 1. The van der Waals surface area contributed by atoms with E-state index in [1.165, 1.54) is 7.11 Å². The van der Waals surface area contributed by atoms with Gasteiger partial charge in [-0.25, -0.2) is 0 Å². The first-order chi connectivity index (χ1) is 7.19. The second kappa shape index (κ2) is 7.22. The van der Waals surface area contributed by atoms with Gasteiger partial charge in [-0.2, -0.15) is 0 Å². The summed E-state index contributed by atoms with van der Waals surface area (Å²) in [5.74, 6) is -0.214. The highest BCUT2D eigenvalue weighted by molar-refractivity contribution is 5.94. The van der Waals surface area contributed by atoms with Crippen molar-refractivity contribution in [1.82, 2.24) is 0 Å². The fraction of sp³-hybridized carbons (Fsp3) is 0.364. The van der Waals surface area contributed by atoms with Gasteiger partial charge in [0.05, 0.1) is 0 Å². The summed E-state index contributed by atoms with van der Waals surface area (Å²) in [6.45, 7) is 2.11. The van der Waals surface area contributed by atoms with Crippen molar-refractivity contribution >= 4 is 24.0 Å². The third-order valence-electron chi connectivity index (χ3n) is 2.19. The lowest BCUT2D eigenvalue weighted by Gasteiger charge is -2.14. The normalized spacial score (nSPS) is 11.4. The van der Waals surface area contributed by atoms with Gasteiger partial charge in [-0.3, -0.25) is 4.79 Å². The Kier molecular flexibility index (Phi) is 6.72. The monoisotopic (exact) mass is 244 g/mol. The smallest absolute Gasteiger partial charge is 0.254 e. The maximum atomic E-state index is 11.6. The third-order valence-corrected chi connectivity index (χ3v) is 2.19. The number of benzene rings is 1. The minimum Gasteiger partial charge on any atom is -0.370 e. The number of nitrogens with one attached hydrogen (secondary N) is 1. The highest BCUT2D eigenvalue weighted by Gasteiger charge is 2.15. The lowest BCUT2D eigenvalue weighted by Crippen LogP contribution is -2.36. The summed E-state index contributed by atoms with van der Waals surface area (Å²) in [5, 5.41) is 2.77. The minimum atomic E-state index is -0.593. The molecule has 1 aromatic carbocycles. The zero-order chi connectivity index (χ0) is 11.3.